The Bertz CT molecular complexity index is 882. The third kappa shape index (κ3) is 2.74. The minimum Gasteiger partial charge on any atom is -0.355 e. The van der Waals surface area contributed by atoms with Crippen LogP contribution in [0.15, 0.2) is 35.4 Å². The van der Waals surface area contributed by atoms with Gasteiger partial charge in [0.15, 0.2) is 0 Å². The number of carbonyl (C=O) groups is 1. The molecule has 2 heterocycles. The summed E-state index contributed by atoms with van der Waals surface area (Å²) in [6, 6.07) is 7.81. The lowest BCUT2D eigenvalue weighted by atomic mass is 10.2. The molecule has 0 aliphatic carbocycles. The summed E-state index contributed by atoms with van der Waals surface area (Å²) in [7, 11) is 0. The highest BCUT2D eigenvalue weighted by Crippen LogP contribution is 2.29. The van der Waals surface area contributed by atoms with E-state index in [1.54, 1.807) is 0 Å². The highest BCUT2D eigenvalue weighted by molar-refractivity contribution is 7.25. The Labute approximate surface area is 131 Å². The summed E-state index contributed by atoms with van der Waals surface area (Å²) in [4.78, 5) is 28.7. The summed E-state index contributed by atoms with van der Waals surface area (Å²) >= 11 is 1.42. The van der Waals surface area contributed by atoms with E-state index < -0.39 is 0 Å². The number of amides is 1. The number of thiophene rings is 1. The van der Waals surface area contributed by atoms with Gasteiger partial charge in [0.2, 0.25) is 5.91 Å². The van der Waals surface area contributed by atoms with Crippen molar-refractivity contribution in [2.24, 2.45) is 0 Å². The fourth-order valence-electron chi connectivity index (χ4n) is 2.34. The van der Waals surface area contributed by atoms with Crippen molar-refractivity contribution in [1.29, 1.82) is 0 Å². The average molecular weight is 315 g/mol. The monoisotopic (exact) mass is 315 g/mol. The Morgan fingerprint density at radius 1 is 1.36 bits per heavy atom. The lowest BCUT2D eigenvalue weighted by Crippen LogP contribution is -2.32. The van der Waals surface area contributed by atoms with Crippen molar-refractivity contribution in [3.8, 4) is 0 Å². The highest BCUT2D eigenvalue weighted by Gasteiger charge is 2.12. The molecule has 0 saturated heterocycles. The number of unbranched alkanes of at least 4 members (excludes halogenated alkanes) is 1. The summed E-state index contributed by atoms with van der Waals surface area (Å²) in [5.41, 5.74) is 0.560. The smallest absolute Gasteiger partial charge is 0.271 e. The van der Waals surface area contributed by atoms with E-state index in [0.29, 0.717) is 16.8 Å². The van der Waals surface area contributed by atoms with Crippen molar-refractivity contribution in [3.05, 3.63) is 40.9 Å². The normalized spacial score (nSPS) is 11.1. The largest absolute Gasteiger partial charge is 0.355 e. The molecule has 3 rings (SSSR count). The van der Waals surface area contributed by atoms with Gasteiger partial charge in [-0.1, -0.05) is 31.5 Å². The minimum absolute atomic E-state index is 0.0136. The zero-order valence-corrected chi connectivity index (χ0v) is 13.2. The molecule has 1 N–H and O–H groups in total. The van der Waals surface area contributed by atoms with Crippen LogP contribution in [0.25, 0.3) is 20.3 Å². The van der Waals surface area contributed by atoms with Gasteiger partial charge in [-0.3, -0.25) is 14.2 Å². The molecule has 1 amide bonds. The Morgan fingerprint density at radius 3 is 3.00 bits per heavy atom. The van der Waals surface area contributed by atoms with Gasteiger partial charge >= 0.3 is 0 Å². The molecular formula is C16H17N3O2S. The standard InChI is InChI=1S/C16H17N3O2S/c1-2-3-8-17-13(20)9-19-10-18-14-11-6-4-5-7-12(11)22-15(14)16(19)21/h4-7,10H,2-3,8-9H2,1H3,(H,17,20). The van der Waals surface area contributed by atoms with Crippen molar-refractivity contribution in [1.82, 2.24) is 14.9 Å². The van der Waals surface area contributed by atoms with Gasteiger partial charge in [0.25, 0.3) is 5.56 Å². The predicted octanol–water partition coefficient (Wildman–Crippen LogP) is 2.53. The number of hydrogen-bond donors (Lipinski definition) is 1. The first-order chi connectivity index (χ1) is 10.7. The van der Waals surface area contributed by atoms with Crippen LogP contribution in [0.4, 0.5) is 0 Å². The van der Waals surface area contributed by atoms with E-state index in [2.05, 4.69) is 17.2 Å². The maximum absolute atomic E-state index is 12.5. The summed E-state index contributed by atoms with van der Waals surface area (Å²) in [6.45, 7) is 2.72. The van der Waals surface area contributed by atoms with Crippen LogP contribution in [0.3, 0.4) is 0 Å². The van der Waals surface area contributed by atoms with Crippen LogP contribution in [0.2, 0.25) is 0 Å². The second-order valence-electron chi connectivity index (χ2n) is 5.16. The quantitative estimate of drug-likeness (QED) is 0.736. The second kappa shape index (κ2) is 6.27. The van der Waals surface area contributed by atoms with Crippen LogP contribution in [-0.2, 0) is 11.3 Å². The van der Waals surface area contributed by atoms with Crippen molar-refractivity contribution in [2.45, 2.75) is 26.3 Å². The third-order valence-corrected chi connectivity index (χ3v) is 4.67. The maximum atomic E-state index is 12.5. The number of benzene rings is 1. The van der Waals surface area contributed by atoms with Gasteiger partial charge < -0.3 is 5.32 Å². The lowest BCUT2D eigenvalue weighted by Gasteiger charge is -2.06. The highest BCUT2D eigenvalue weighted by atomic mass is 32.1. The molecular weight excluding hydrogens is 298 g/mol. The average Bonchev–Trinajstić information content (AvgIpc) is 2.90. The zero-order valence-electron chi connectivity index (χ0n) is 12.3. The van der Waals surface area contributed by atoms with Gasteiger partial charge in [-0.15, -0.1) is 11.3 Å². The van der Waals surface area contributed by atoms with Crippen molar-refractivity contribution in [2.75, 3.05) is 6.54 Å². The molecule has 0 saturated carbocycles. The summed E-state index contributed by atoms with van der Waals surface area (Å²) in [6.07, 6.45) is 3.42. The first-order valence-corrected chi connectivity index (χ1v) is 8.15. The predicted molar refractivity (Wildman–Crippen MR) is 89.3 cm³/mol. The molecule has 0 aliphatic heterocycles. The van der Waals surface area contributed by atoms with Gasteiger partial charge in [0, 0.05) is 16.6 Å². The topological polar surface area (TPSA) is 64.0 Å². The van der Waals surface area contributed by atoms with Crippen LogP contribution in [0.5, 0.6) is 0 Å². The molecule has 0 bridgehead atoms. The molecule has 0 unspecified atom stereocenters. The van der Waals surface area contributed by atoms with E-state index in [1.165, 1.54) is 22.2 Å². The summed E-state index contributed by atoms with van der Waals surface area (Å²) in [5, 5.41) is 3.80. The van der Waals surface area contributed by atoms with Crippen LogP contribution >= 0.6 is 11.3 Å². The Morgan fingerprint density at radius 2 is 2.18 bits per heavy atom. The SMILES string of the molecule is CCCCNC(=O)Cn1cnc2c(sc3ccccc32)c1=O. The number of aromatic nitrogens is 2. The molecule has 0 fully saturated rings. The van der Waals surface area contributed by atoms with Gasteiger partial charge in [-0.2, -0.15) is 0 Å². The summed E-state index contributed by atoms with van der Waals surface area (Å²) in [5.74, 6) is -0.155. The molecule has 0 spiro atoms. The van der Waals surface area contributed by atoms with Gasteiger partial charge in [0.1, 0.15) is 11.2 Å². The molecule has 114 valence electrons. The molecule has 6 heteroatoms. The van der Waals surface area contributed by atoms with E-state index in [1.807, 2.05) is 24.3 Å². The number of rotatable bonds is 5. The number of nitrogens with one attached hydrogen (secondary N) is 1. The molecule has 0 radical (unpaired) electrons. The van der Waals surface area contributed by atoms with Crippen molar-refractivity contribution >= 4 is 37.5 Å². The van der Waals surface area contributed by atoms with Gasteiger partial charge in [-0.25, -0.2) is 4.98 Å². The molecule has 5 nitrogen and oxygen atoms in total. The van der Waals surface area contributed by atoms with Crippen LogP contribution in [-0.4, -0.2) is 22.0 Å². The zero-order chi connectivity index (χ0) is 15.5. The van der Waals surface area contributed by atoms with Crippen LogP contribution < -0.4 is 10.9 Å². The molecule has 0 aliphatic rings. The van der Waals surface area contributed by atoms with Crippen molar-refractivity contribution < 1.29 is 4.79 Å². The summed E-state index contributed by atoms with van der Waals surface area (Å²) < 4.78 is 3.01. The van der Waals surface area contributed by atoms with Crippen LogP contribution in [0.1, 0.15) is 19.8 Å². The number of fused-ring (bicyclic) bond motifs is 3. The fourth-order valence-corrected chi connectivity index (χ4v) is 3.45. The van der Waals surface area contributed by atoms with Gasteiger partial charge in [0.05, 0.1) is 11.8 Å². The lowest BCUT2D eigenvalue weighted by molar-refractivity contribution is -0.121. The van der Waals surface area contributed by atoms with E-state index in [4.69, 9.17) is 0 Å². The third-order valence-electron chi connectivity index (χ3n) is 3.52. The molecule has 0 atom stereocenters. The first kappa shape index (κ1) is 14.7. The number of nitrogens with zero attached hydrogens (tertiary/aromatic N) is 2. The van der Waals surface area contributed by atoms with E-state index in [0.717, 1.165) is 22.9 Å². The minimum atomic E-state index is -0.156. The fraction of sp³-hybridized carbons (Fsp3) is 0.312. The molecule has 3 aromatic rings. The first-order valence-electron chi connectivity index (χ1n) is 7.34. The van der Waals surface area contributed by atoms with Gasteiger partial charge in [-0.05, 0) is 12.5 Å². The molecule has 1 aromatic carbocycles. The van der Waals surface area contributed by atoms with E-state index in [9.17, 15) is 9.59 Å². The Hall–Kier alpha value is -2.21. The Balaban J connectivity index is 1.92. The maximum Gasteiger partial charge on any atom is 0.271 e. The van der Waals surface area contributed by atoms with Crippen molar-refractivity contribution in [3.63, 3.8) is 0 Å². The number of hydrogen-bond acceptors (Lipinski definition) is 4. The molecule has 2 aromatic heterocycles. The Kier molecular flexibility index (Phi) is 4.20. The van der Waals surface area contributed by atoms with Crippen LogP contribution in [0, 0.1) is 0 Å². The number of carbonyl (C=O) groups excluding carboxylic acids is 1. The van der Waals surface area contributed by atoms with E-state index >= 15 is 0 Å². The van der Waals surface area contributed by atoms with E-state index in [-0.39, 0.29) is 18.0 Å². The molecule has 22 heavy (non-hydrogen) atoms. The second-order valence-corrected chi connectivity index (χ2v) is 6.21.